The van der Waals surface area contributed by atoms with Gasteiger partial charge in [0.25, 0.3) is 0 Å². The van der Waals surface area contributed by atoms with E-state index in [2.05, 4.69) is 23.0 Å². The second-order valence-electron chi connectivity index (χ2n) is 6.47. The van der Waals surface area contributed by atoms with Gasteiger partial charge in [-0.1, -0.05) is 18.2 Å². The number of rotatable bonds is 4. The summed E-state index contributed by atoms with van der Waals surface area (Å²) in [6, 6.07) is 10.0. The Bertz CT molecular complexity index is 1080. The third-order valence-electron chi connectivity index (χ3n) is 4.68. The van der Waals surface area contributed by atoms with E-state index in [0.29, 0.717) is 5.76 Å². The molecule has 0 unspecified atom stereocenters. The molecular weight excluding hydrogens is 326 g/mol. The summed E-state index contributed by atoms with van der Waals surface area (Å²) in [5.74, 6) is 0.703. The van der Waals surface area contributed by atoms with Gasteiger partial charge < -0.3 is 19.8 Å². The molecule has 132 valence electrons. The number of ether oxygens (including phenoxy) is 1. The number of H-pyrrole nitrogens is 2. The summed E-state index contributed by atoms with van der Waals surface area (Å²) in [5.41, 5.74) is 7.46. The van der Waals surface area contributed by atoms with Crippen LogP contribution in [0.15, 0.2) is 52.9 Å². The predicted molar refractivity (Wildman–Crippen MR) is 104 cm³/mol. The van der Waals surface area contributed by atoms with Gasteiger partial charge in [0.05, 0.1) is 25.1 Å². The molecule has 0 saturated heterocycles. The maximum Gasteiger partial charge on any atom is 0.146 e. The number of para-hydroxylation sites is 1. The molecule has 3 N–H and O–H groups in total. The van der Waals surface area contributed by atoms with Crippen molar-refractivity contribution in [3.8, 4) is 0 Å². The molecule has 5 nitrogen and oxygen atoms in total. The Hall–Kier alpha value is -3.05. The third kappa shape index (κ3) is 2.66. The van der Waals surface area contributed by atoms with Crippen molar-refractivity contribution in [3.63, 3.8) is 0 Å². The lowest BCUT2D eigenvalue weighted by Crippen LogP contribution is -1.99. The molecule has 0 atom stereocenters. The first kappa shape index (κ1) is 16.4. The zero-order valence-electron chi connectivity index (χ0n) is 15.1. The highest BCUT2D eigenvalue weighted by atomic mass is 16.5. The summed E-state index contributed by atoms with van der Waals surface area (Å²) in [6.07, 6.45) is 3.90. The number of fused-ring (bicyclic) bond motifs is 1. The van der Waals surface area contributed by atoms with Gasteiger partial charge in [-0.25, -0.2) is 4.99 Å². The largest absolute Gasteiger partial charge is 0.494 e. The fourth-order valence-corrected chi connectivity index (χ4v) is 3.43. The number of hydrogen-bond acceptors (Lipinski definition) is 3. The second kappa shape index (κ2) is 6.35. The topological polar surface area (TPSA) is 73.4 Å². The van der Waals surface area contributed by atoms with E-state index < -0.39 is 0 Å². The minimum absolute atomic E-state index is 0.0531. The summed E-state index contributed by atoms with van der Waals surface area (Å²) in [4.78, 5) is 11.5. The molecule has 0 fully saturated rings. The Labute approximate surface area is 151 Å². The van der Waals surface area contributed by atoms with Crippen molar-refractivity contribution in [1.82, 2.24) is 9.97 Å². The van der Waals surface area contributed by atoms with Crippen LogP contribution in [-0.2, 0) is 11.3 Å². The van der Waals surface area contributed by atoms with Crippen LogP contribution in [0, 0.1) is 13.8 Å². The molecule has 1 aromatic carbocycles. The number of aliphatic imine (C=N–C) groups is 1. The Morgan fingerprint density at radius 2 is 2.00 bits per heavy atom. The first-order valence-electron chi connectivity index (χ1n) is 8.54. The Morgan fingerprint density at radius 3 is 2.69 bits per heavy atom. The number of allylic oxidation sites excluding steroid dienone is 1. The van der Waals surface area contributed by atoms with E-state index in [-0.39, 0.29) is 6.61 Å². The number of aromatic amines is 2. The number of methoxy groups -OCH3 is 1. The van der Waals surface area contributed by atoms with Crippen LogP contribution in [-0.4, -0.2) is 27.9 Å². The molecule has 0 spiro atoms. The van der Waals surface area contributed by atoms with E-state index in [1.165, 1.54) is 0 Å². The average Bonchev–Trinajstić information content (AvgIpc) is 3.29. The molecule has 26 heavy (non-hydrogen) atoms. The van der Waals surface area contributed by atoms with Crippen molar-refractivity contribution in [3.05, 3.63) is 76.1 Å². The Balaban J connectivity index is 1.83. The first-order valence-corrected chi connectivity index (χ1v) is 8.54. The molecule has 3 heterocycles. The average molecular weight is 347 g/mol. The molecule has 1 aliphatic rings. The van der Waals surface area contributed by atoms with E-state index in [9.17, 15) is 5.11 Å². The Kier molecular flexibility index (Phi) is 4.01. The van der Waals surface area contributed by atoms with Crippen molar-refractivity contribution in [1.29, 1.82) is 0 Å². The number of aryl methyl sites for hydroxylation is 2. The monoisotopic (exact) mass is 347 g/mol. The van der Waals surface area contributed by atoms with Crippen LogP contribution >= 0.6 is 0 Å². The molecule has 2 aromatic heterocycles. The summed E-state index contributed by atoms with van der Waals surface area (Å²) in [7, 11) is 1.64. The quantitative estimate of drug-likeness (QED) is 0.668. The van der Waals surface area contributed by atoms with Crippen LogP contribution < -0.4 is 0 Å². The number of aliphatic hydroxyl groups is 1. The minimum atomic E-state index is -0.0531. The molecule has 0 amide bonds. The van der Waals surface area contributed by atoms with Crippen LogP contribution in [0.25, 0.3) is 17.0 Å². The van der Waals surface area contributed by atoms with Gasteiger partial charge in [-0.15, -0.1) is 0 Å². The van der Waals surface area contributed by atoms with Gasteiger partial charge in [0.2, 0.25) is 0 Å². The van der Waals surface area contributed by atoms with Crippen LogP contribution in [0.3, 0.4) is 0 Å². The summed E-state index contributed by atoms with van der Waals surface area (Å²) < 4.78 is 5.53. The lowest BCUT2D eigenvalue weighted by Gasteiger charge is -2.01. The fraction of sp³-hybridized carbons (Fsp3) is 0.190. The lowest BCUT2D eigenvalue weighted by atomic mass is 10.1. The van der Waals surface area contributed by atoms with Crippen molar-refractivity contribution >= 4 is 22.7 Å². The van der Waals surface area contributed by atoms with Gasteiger partial charge in [-0.05, 0) is 37.6 Å². The number of benzene rings is 1. The molecule has 5 heteroatoms. The van der Waals surface area contributed by atoms with Crippen molar-refractivity contribution in [2.24, 2.45) is 4.99 Å². The van der Waals surface area contributed by atoms with E-state index in [4.69, 9.17) is 9.73 Å². The zero-order valence-corrected chi connectivity index (χ0v) is 15.1. The molecule has 3 aromatic rings. The smallest absolute Gasteiger partial charge is 0.146 e. The second-order valence-corrected chi connectivity index (χ2v) is 6.47. The van der Waals surface area contributed by atoms with E-state index in [1.54, 1.807) is 7.11 Å². The van der Waals surface area contributed by atoms with Crippen LogP contribution in [0.2, 0.25) is 0 Å². The highest BCUT2D eigenvalue weighted by Crippen LogP contribution is 2.29. The normalized spacial score (nSPS) is 15.6. The van der Waals surface area contributed by atoms with Crippen LogP contribution in [0.4, 0.5) is 0 Å². The summed E-state index contributed by atoms with van der Waals surface area (Å²) in [5, 5.41) is 10.9. The van der Waals surface area contributed by atoms with Gasteiger partial charge in [-0.3, -0.25) is 0 Å². The van der Waals surface area contributed by atoms with Crippen LogP contribution in [0.1, 0.15) is 28.2 Å². The number of aliphatic hydroxyl groups excluding tert-OH is 1. The molecular formula is C21H21N3O2. The molecule has 1 aliphatic heterocycles. The summed E-state index contributed by atoms with van der Waals surface area (Å²) >= 11 is 0. The lowest BCUT2D eigenvalue weighted by molar-refractivity contribution is 0.283. The SMILES string of the molecule is COC1=CC(c2[nH]c3ccccc3c2CO)=N/C1=C\c1[nH]c(C)cc1C. The highest BCUT2D eigenvalue weighted by molar-refractivity contribution is 6.14. The standard InChI is InChI=1S/C21H21N3O2/c1-12-8-13(2)22-17(12)9-18-20(26-3)10-19(23-18)21-15(11-25)14-6-4-5-7-16(14)24-21/h4-10,22,24-25H,11H2,1-3H3/b18-9-. The van der Waals surface area contributed by atoms with Gasteiger partial charge in [0.15, 0.2) is 0 Å². The van der Waals surface area contributed by atoms with Gasteiger partial charge >= 0.3 is 0 Å². The fourth-order valence-electron chi connectivity index (χ4n) is 3.43. The van der Waals surface area contributed by atoms with Gasteiger partial charge in [0.1, 0.15) is 11.5 Å². The number of nitrogens with zero attached hydrogens (tertiary/aromatic N) is 1. The van der Waals surface area contributed by atoms with Gasteiger partial charge in [-0.2, -0.15) is 0 Å². The highest BCUT2D eigenvalue weighted by Gasteiger charge is 2.21. The van der Waals surface area contributed by atoms with Crippen LogP contribution in [0.5, 0.6) is 0 Å². The first-order chi connectivity index (χ1) is 12.6. The van der Waals surface area contributed by atoms with E-state index in [0.717, 1.165) is 50.5 Å². The van der Waals surface area contributed by atoms with Crippen molar-refractivity contribution < 1.29 is 9.84 Å². The van der Waals surface area contributed by atoms with Gasteiger partial charge in [0, 0.05) is 33.9 Å². The molecule has 0 saturated carbocycles. The van der Waals surface area contributed by atoms with Crippen molar-refractivity contribution in [2.45, 2.75) is 20.5 Å². The molecule has 0 radical (unpaired) electrons. The predicted octanol–water partition coefficient (Wildman–Crippen LogP) is 3.98. The zero-order chi connectivity index (χ0) is 18.3. The maximum atomic E-state index is 9.88. The molecule has 4 rings (SSSR count). The minimum Gasteiger partial charge on any atom is -0.494 e. The maximum absolute atomic E-state index is 9.88. The molecule has 0 aliphatic carbocycles. The number of aromatic nitrogens is 2. The Morgan fingerprint density at radius 1 is 1.19 bits per heavy atom. The summed E-state index contributed by atoms with van der Waals surface area (Å²) in [6.45, 7) is 4.04. The number of nitrogens with one attached hydrogen (secondary N) is 2. The van der Waals surface area contributed by atoms with E-state index in [1.807, 2.05) is 43.3 Å². The number of hydrogen-bond donors (Lipinski definition) is 3. The molecule has 0 bridgehead atoms. The van der Waals surface area contributed by atoms with Crippen molar-refractivity contribution in [2.75, 3.05) is 7.11 Å². The third-order valence-corrected chi connectivity index (χ3v) is 4.68. The van der Waals surface area contributed by atoms with E-state index >= 15 is 0 Å².